The lowest BCUT2D eigenvalue weighted by Gasteiger charge is -2.20. The van der Waals surface area contributed by atoms with Crippen molar-refractivity contribution in [2.24, 2.45) is 0 Å². The largest absolute Gasteiger partial charge is 0.493 e. The summed E-state index contributed by atoms with van der Waals surface area (Å²) in [5.41, 5.74) is 4.31. The normalized spacial score (nSPS) is 20.0. The van der Waals surface area contributed by atoms with Gasteiger partial charge in [-0.3, -0.25) is 9.69 Å². The summed E-state index contributed by atoms with van der Waals surface area (Å²) < 4.78 is 32.2. The van der Waals surface area contributed by atoms with Crippen molar-refractivity contribution in [2.75, 3.05) is 18.1 Å². The molecule has 7 nitrogen and oxygen atoms in total. The Kier molecular flexibility index (Phi) is 7.74. The minimum absolute atomic E-state index is 0.0458. The Balaban J connectivity index is 1.51. The van der Waals surface area contributed by atoms with E-state index in [9.17, 15) is 13.2 Å². The van der Waals surface area contributed by atoms with Gasteiger partial charge in [-0.15, -0.1) is 0 Å². The van der Waals surface area contributed by atoms with Crippen molar-refractivity contribution < 1.29 is 17.9 Å². The fourth-order valence-electron chi connectivity index (χ4n) is 4.63. The Labute approximate surface area is 232 Å². The predicted molar refractivity (Wildman–Crippen MR) is 156 cm³/mol. The molecule has 2 aliphatic rings. The second-order valence-corrected chi connectivity index (χ2v) is 13.4. The molecule has 10 heteroatoms. The molecule has 0 radical (unpaired) electrons. The van der Waals surface area contributed by atoms with Gasteiger partial charge in [-0.05, 0) is 61.7 Å². The molecule has 1 aromatic heterocycles. The zero-order valence-electron chi connectivity index (χ0n) is 21.3. The second kappa shape index (κ2) is 11.0. The highest BCUT2D eigenvalue weighted by Crippen LogP contribution is 2.38. The van der Waals surface area contributed by atoms with E-state index in [1.54, 1.807) is 4.68 Å². The summed E-state index contributed by atoms with van der Waals surface area (Å²) in [4.78, 5) is 15.3. The number of nitrogens with zero attached hydrogens (tertiary/aromatic N) is 3. The average Bonchev–Trinajstić information content (AvgIpc) is 3.55. The molecule has 3 heterocycles. The predicted octanol–water partition coefficient (Wildman–Crippen LogP) is 5.41. The van der Waals surface area contributed by atoms with Crippen LogP contribution in [-0.2, 0) is 14.6 Å². The van der Waals surface area contributed by atoms with Crippen molar-refractivity contribution in [1.82, 2.24) is 14.7 Å². The lowest BCUT2D eigenvalue weighted by molar-refractivity contribution is -0.123. The average molecular weight is 568 g/mol. The molecule has 1 unspecified atom stereocenters. The molecule has 38 heavy (non-hydrogen) atoms. The third-order valence-electron chi connectivity index (χ3n) is 6.65. The number of amides is 1. The van der Waals surface area contributed by atoms with E-state index in [0.29, 0.717) is 22.3 Å². The van der Waals surface area contributed by atoms with E-state index < -0.39 is 15.9 Å². The number of para-hydroxylation sites is 1. The maximum Gasteiger partial charge on any atom is 0.266 e. The number of thiocarbonyl (C=S) groups is 1. The van der Waals surface area contributed by atoms with Crippen LogP contribution in [0.25, 0.3) is 23.0 Å². The minimum Gasteiger partial charge on any atom is -0.493 e. The number of thioether (sulfide) groups is 1. The number of carbonyl (C=O) groups is 1. The number of aromatic nitrogens is 2. The maximum absolute atomic E-state index is 13.4. The van der Waals surface area contributed by atoms with Crippen LogP contribution in [0.1, 0.15) is 37.3 Å². The molecule has 0 bridgehead atoms. The summed E-state index contributed by atoms with van der Waals surface area (Å²) in [7, 11) is -3.15. The van der Waals surface area contributed by atoms with Crippen molar-refractivity contribution in [2.45, 2.75) is 39.2 Å². The van der Waals surface area contributed by atoms with Gasteiger partial charge in [0.1, 0.15) is 15.8 Å². The molecule has 198 valence electrons. The van der Waals surface area contributed by atoms with Crippen LogP contribution in [-0.4, -0.2) is 57.5 Å². The minimum atomic E-state index is -3.15. The number of sulfone groups is 1. The molecule has 0 aliphatic carbocycles. The van der Waals surface area contributed by atoms with Crippen molar-refractivity contribution in [3.8, 4) is 22.7 Å². The van der Waals surface area contributed by atoms with Gasteiger partial charge < -0.3 is 4.74 Å². The van der Waals surface area contributed by atoms with Crippen molar-refractivity contribution in [3.63, 3.8) is 0 Å². The summed E-state index contributed by atoms with van der Waals surface area (Å²) in [6.07, 6.45) is 6.19. The zero-order valence-corrected chi connectivity index (χ0v) is 23.7. The summed E-state index contributed by atoms with van der Waals surface area (Å²) in [5.74, 6) is 0.629. The van der Waals surface area contributed by atoms with E-state index in [1.807, 2.05) is 67.7 Å². The number of rotatable bonds is 8. The van der Waals surface area contributed by atoms with Crippen LogP contribution in [0.5, 0.6) is 5.75 Å². The van der Waals surface area contributed by atoms with E-state index in [-0.39, 0.29) is 17.4 Å². The zero-order chi connectivity index (χ0) is 26.9. The molecule has 3 aromatic rings. The summed E-state index contributed by atoms with van der Waals surface area (Å²) in [6, 6.07) is 15.4. The van der Waals surface area contributed by atoms with Crippen LogP contribution >= 0.6 is 24.0 Å². The molecule has 1 amide bonds. The number of unbranched alkanes of at least 4 members (excludes halogenated alkanes) is 1. The molecule has 2 fully saturated rings. The van der Waals surface area contributed by atoms with E-state index in [4.69, 9.17) is 22.1 Å². The molecular weight excluding hydrogens is 539 g/mol. The summed E-state index contributed by atoms with van der Waals surface area (Å²) in [6.45, 7) is 4.82. The lowest BCUT2D eigenvalue weighted by Crippen LogP contribution is -2.39. The van der Waals surface area contributed by atoms with E-state index in [2.05, 4.69) is 6.92 Å². The van der Waals surface area contributed by atoms with Gasteiger partial charge in [-0.1, -0.05) is 55.5 Å². The molecule has 5 rings (SSSR count). The van der Waals surface area contributed by atoms with Crippen molar-refractivity contribution in [1.29, 1.82) is 0 Å². The first-order valence-electron chi connectivity index (χ1n) is 12.6. The van der Waals surface area contributed by atoms with Gasteiger partial charge in [0, 0.05) is 17.3 Å². The smallest absolute Gasteiger partial charge is 0.266 e. The highest BCUT2D eigenvalue weighted by molar-refractivity contribution is 8.26. The van der Waals surface area contributed by atoms with Crippen molar-refractivity contribution >= 4 is 50.1 Å². The van der Waals surface area contributed by atoms with Gasteiger partial charge in [0.05, 0.1) is 34.7 Å². The van der Waals surface area contributed by atoms with E-state index in [0.717, 1.165) is 46.7 Å². The van der Waals surface area contributed by atoms with Gasteiger partial charge in [0.15, 0.2) is 9.84 Å². The molecule has 2 aliphatic heterocycles. The Morgan fingerprint density at radius 2 is 2.00 bits per heavy atom. The first-order chi connectivity index (χ1) is 18.3. The monoisotopic (exact) mass is 567 g/mol. The van der Waals surface area contributed by atoms with Crippen LogP contribution < -0.4 is 4.74 Å². The van der Waals surface area contributed by atoms with Gasteiger partial charge in [-0.25, -0.2) is 13.1 Å². The Morgan fingerprint density at radius 3 is 2.68 bits per heavy atom. The third-order valence-corrected chi connectivity index (χ3v) is 9.73. The molecule has 0 spiro atoms. The topological polar surface area (TPSA) is 81.5 Å². The number of carbonyl (C=O) groups excluding carboxylic acids is 1. The molecule has 0 saturated carbocycles. The first-order valence-corrected chi connectivity index (χ1v) is 15.7. The second-order valence-electron chi connectivity index (χ2n) is 9.50. The maximum atomic E-state index is 13.4. The van der Waals surface area contributed by atoms with E-state index >= 15 is 0 Å². The number of aryl methyl sites for hydroxylation is 1. The number of ether oxygens (including phenoxy) is 1. The van der Waals surface area contributed by atoms with Gasteiger partial charge in [0.25, 0.3) is 5.91 Å². The molecular formula is C28H29N3O4S3. The Bertz CT molecular complexity index is 1510. The summed E-state index contributed by atoms with van der Waals surface area (Å²) in [5, 5.41) is 4.88. The quantitative estimate of drug-likeness (QED) is 0.204. The van der Waals surface area contributed by atoms with Gasteiger partial charge in [0.2, 0.25) is 0 Å². The fourth-order valence-corrected chi connectivity index (χ4v) is 7.72. The number of benzene rings is 2. The summed E-state index contributed by atoms with van der Waals surface area (Å²) >= 11 is 6.71. The molecule has 2 saturated heterocycles. The van der Waals surface area contributed by atoms with Crippen LogP contribution in [0.3, 0.4) is 0 Å². The SMILES string of the molecule is CCCCOc1ccc(-c2nn(-c3ccccc3)cc2/C=C2/SC(=S)N(C3CCS(=O)(=O)C3)C2=O)cc1C. The van der Waals surface area contributed by atoms with Crippen LogP contribution in [0.2, 0.25) is 0 Å². The van der Waals surface area contributed by atoms with Crippen LogP contribution in [0.15, 0.2) is 59.6 Å². The van der Waals surface area contributed by atoms with Crippen molar-refractivity contribution in [3.05, 3.63) is 70.8 Å². The number of hydrogen-bond donors (Lipinski definition) is 0. The Morgan fingerprint density at radius 1 is 1.21 bits per heavy atom. The van der Waals surface area contributed by atoms with Gasteiger partial charge >= 0.3 is 0 Å². The van der Waals surface area contributed by atoms with E-state index in [1.165, 1.54) is 16.7 Å². The first kappa shape index (κ1) is 26.6. The third kappa shape index (κ3) is 5.57. The van der Waals surface area contributed by atoms with Crippen LogP contribution in [0, 0.1) is 6.92 Å². The highest BCUT2D eigenvalue weighted by Gasteiger charge is 2.42. The molecule has 1 atom stereocenters. The molecule has 0 N–H and O–H groups in total. The number of hydrogen-bond acceptors (Lipinski definition) is 7. The Hall–Kier alpha value is -2.95. The lowest BCUT2D eigenvalue weighted by atomic mass is 10.0. The molecule has 2 aromatic carbocycles. The van der Waals surface area contributed by atoms with Gasteiger partial charge in [-0.2, -0.15) is 5.10 Å². The highest BCUT2D eigenvalue weighted by atomic mass is 32.2. The van der Waals surface area contributed by atoms with Crippen LogP contribution in [0.4, 0.5) is 0 Å². The fraction of sp³-hybridized carbons (Fsp3) is 0.321. The standard InChI is InChI=1S/C28H29N3O4S3/c1-3-4-13-35-24-11-10-20(15-19(24)2)26-21(17-30(29-26)22-8-6-5-7-9-22)16-25-27(32)31(28(36)37-25)23-12-14-38(33,34)18-23/h5-11,15-17,23H,3-4,12-14,18H2,1-2H3/b25-16+.